The van der Waals surface area contributed by atoms with Gasteiger partial charge in [0, 0.05) is 6.04 Å². The minimum Gasteiger partial charge on any atom is -0.480 e. The van der Waals surface area contributed by atoms with Gasteiger partial charge in [-0.2, -0.15) is 0 Å². The number of nitrogens with zero attached hydrogens (tertiary/aromatic N) is 1. The lowest BCUT2D eigenvalue weighted by Gasteiger charge is -2.40. The molecule has 1 aliphatic carbocycles. The van der Waals surface area contributed by atoms with Crippen LogP contribution in [0.1, 0.15) is 59.3 Å². The van der Waals surface area contributed by atoms with Crippen molar-refractivity contribution < 1.29 is 9.90 Å². The lowest BCUT2D eigenvalue weighted by molar-refractivity contribution is -0.144. The zero-order valence-corrected chi connectivity index (χ0v) is 13.2. The number of likely N-dealkylation sites (tertiary alicyclic amines) is 1. The number of carbonyl (C=O) groups is 1. The Morgan fingerprint density at radius 1 is 1.30 bits per heavy atom. The Bertz CT molecular complexity index is 346. The molecule has 4 nitrogen and oxygen atoms in total. The van der Waals surface area contributed by atoms with Crippen molar-refractivity contribution in [1.29, 1.82) is 0 Å². The molecule has 1 heterocycles. The summed E-state index contributed by atoms with van der Waals surface area (Å²) in [6, 6.07) is 0.451. The quantitative estimate of drug-likeness (QED) is 0.813. The minimum absolute atomic E-state index is 0.451. The zero-order chi connectivity index (χ0) is 14.8. The SMILES string of the molecule is CCCNC1(C(=O)O)CCC(N2CCC(C)(C)CC2)C1. The van der Waals surface area contributed by atoms with E-state index in [1.54, 1.807) is 0 Å². The standard InChI is InChI=1S/C16H30N2O2/c1-4-9-17-16(14(19)20)6-5-13(12-16)18-10-7-15(2,3)8-11-18/h13,17H,4-12H2,1-3H3,(H,19,20). The summed E-state index contributed by atoms with van der Waals surface area (Å²) in [4.78, 5) is 14.2. The summed E-state index contributed by atoms with van der Waals surface area (Å²) in [6.45, 7) is 9.81. The second-order valence-electron chi connectivity index (χ2n) is 7.41. The van der Waals surface area contributed by atoms with Gasteiger partial charge in [0.25, 0.3) is 0 Å². The smallest absolute Gasteiger partial charge is 0.323 e. The fourth-order valence-corrected chi connectivity index (χ4v) is 3.62. The van der Waals surface area contributed by atoms with Crippen molar-refractivity contribution in [3.8, 4) is 0 Å². The van der Waals surface area contributed by atoms with Crippen LogP contribution in [0.2, 0.25) is 0 Å². The molecule has 1 saturated carbocycles. The first-order chi connectivity index (χ1) is 9.38. The lowest BCUT2D eigenvalue weighted by Crippen LogP contribution is -2.52. The number of hydrogen-bond acceptors (Lipinski definition) is 3. The van der Waals surface area contributed by atoms with Crippen molar-refractivity contribution in [2.24, 2.45) is 5.41 Å². The van der Waals surface area contributed by atoms with E-state index in [0.717, 1.165) is 45.3 Å². The summed E-state index contributed by atoms with van der Waals surface area (Å²) in [5.41, 5.74) is -0.215. The molecule has 0 spiro atoms. The first-order valence-corrected chi connectivity index (χ1v) is 8.11. The molecule has 2 rings (SSSR count). The van der Waals surface area contributed by atoms with Crippen LogP contribution < -0.4 is 5.32 Å². The van der Waals surface area contributed by atoms with Gasteiger partial charge in [0.1, 0.15) is 5.54 Å². The van der Waals surface area contributed by atoms with E-state index >= 15 is 0 Å². The molecular formula is C16H30N2O2. The fraction of sp³-hybridized carbons (Fsp3) is 0.938. The summed E-state index contributed by atoms with van der Waals surface area (Å²) in [5.74, 6) is -0.661. The van der Waals surface area contributed by atoms with Crippen LogP contribution in [-0.2, 0) is 4.79 Å². The molecule has 0 bridgehead atoms. The van der Waals surface area contributed by atoms with Crippen LogP contribution in [0.4, 0.5) is 0 Å². The maximum atomic E-state index is 11.7. The highest BCUT2D eigenvalue weighted by atomic mass is 16.4. The summed E-state index contributed by atoms with van der Waals surface area (Å²) in [6.07, 6.45) is 5.99. The molecule has 0 radical (unpaired) electrons. The van der Waals surface area contributed by atoms with Gasteiger partial charge in [0.15, 0.2) is 0 Å². The Morgan fingerprint density at radius 2 is 1.95 bits per heavy atom. The normalized spacial score (nSPS) is 34.2. The van der Waals surface area contributed by atoms with E-state index in [1.807, 2.05) is 0 Å². The highest BCUT2D eigenvalue weighted by Gasteiger charge is 2.47. The second kappa shape index (κ2) is 6.02. The number of carboxylic acids is 1. The average molecular weight is 282 g/mol. The van der Waals surface area contributed by atoms with E-state index in [-0.39, 0.29) is 0 Å². The van der Waals surface area contributed by atoms with Gasteiger partial charge in [0.05, 0.1) is 0 Å². The van der Waals surface area contributed by atoms with E-state index in [4.69, 9.17) is 0 Å². The molecule has 2 fully saturated rings. The monoisotopic (exact) mass is 282 g/mol. The predicted octanol–water partition coefficient (Wildman–Crippen LogP) is 2.48. The molecule has 0 aromatic carbocycles. The van der Waals surface area contributed by atoms with Crippen molar-refractivity contribution in [1.82, 2.24) is 10.2 Å². The van der Waals surface area contributed by atoms with Crippen LogP contribution in [0.5, 0.6) is 0 Å². The molecule has 1 aliphatic heterocycles. The number of rotatable bonds is 5. The highest BCUT2D eigenvalue weighted by Crippen LogP contribution is 2.37. The molecule has 20 heavy (non-hydrogen) atoms. The van der Waals surface area contributed by atoms with Crippen molar-refractivity contribution in [3.63, 3.8) is 0 Å². The lowest BCUT2D eigenvalue weighted by atomic mass is 9.82. The molecule has 2 unspecified atom stereocenters. The molecule has 2 atom stereocenters. The first-order valence-electron chi connectivity index (χ1n) is 8.11. The van der Waals surface area contributed by atoms with Gasteiger partial charge in [-0.05, 0) is 63.6 Å². The first kappa shape index (κ1) is 15.8. The molecule has 0 aromatic heterocycles. The largest absolute Gasteiger partial charge is 0.480 e. The van der Waals surface area contributed by atoms with E-state index in [9.17, 15) is 9.90 Å². The second-order valence-corrected chi connectivity index (χ2v) is 7.41. The van der Waals surface area contributed by atoms with Crippen molar-refractivity contribution >= 4 is 5.97 Å². The number of hydrogen-bond donors (Lipinski definition) is 2. The third kappa shape index (κ3) is 3.34. The van der Waals surface area contributed by atoms with E-state index in [0.29, 0.717) is 11.5 Å². The van der Waals surface area contributed by atoms with Crippen molar-refractivity contribution in [2.75, 3.05) is 19.6 Å². The van der Waals surface area contributed by atoms with Gasteiger partial charge in [-0.1, -0.05) is 20.8 Å². The Morgan fingerprint density at radius 3 is 2.50 bits per heavy atom. The summed E-state index contributed by atoms with van der Waals surface area (Å²) >= 11 is 0. The van der Waals surface area contributed by atoms with Crippen LogP contribution in [0, 0.1) is 5.41 Å². The van der Waals surface area contributed by atoms with Gasteiger partial charge in [0.2, 0.25) is 0 Å². The molecular weight excluding hydrogens is 252 g/mol. The predicted molar refractivity (Wildman–Crippen MR) is 80.9 cm³/mol. The molecule has 1 saturated heterocycles. The maximum absolute atomic E-state index is 11.7. The molecule has 0 amide bonds. The Balaban J connectivity index is 1.95. The van der Waals surface area contributed by atoms with Gasteiger partial charge < -0.3 is 15.3 Å². The summed E-state index contributed by atoms with van der Waals surface area (Å²) < 4.78 is 0. The van der Waals surface area contributed by atoms with Crippen LogP contribution in [-0.4, -0.2) is 47.2 Å². The molecule has 2 N–H and O–H groups in total. The van der Waals surface area contributed by atoms with E-state index in [1.165, 1.54) is 12.8 Å². The van der Waals surface area contributed by atoms with Crippen LogP contribution >= 0.6 is 0 Å². The number of carboxylic acid groups (broad SMARTS) is 1. The average Bonchev–Trinajstić information content (AvgIpc) is 2.82. The Kier molecular flexibility index (Phi) is 4.75. The van der Waals surface area contributed by atoms with Crippen molar-refractivity contribution in [3.05, 3.63) is 0 Å². The highest BCUT2D eigenvalue weighted by molar-refractivity contribution is 5.79. The molecule has 2 aliphatic rings. The summed E-state index contributed by atoms with van der Waals surface area (Å²) in [5, 5.41) is 12.9. The maximum Gasteiger partial charge on any atom is 0.323 e. The fourth-order valence-electron chi connectivity index (χ4n) is 3.62. The van der Waals surface area contributed by atoms with Gasteiger partial charge in [-0.15, -0.1) is 0 Å². The van der Waals surface area contributed by atoms with Gasteiger partial charge in [-0.3, -0.25) is 4.79 Å². The Labute approximate surface area is 122 Å². The number of nitrogens with one attached hydrogen (secondary N) is 1. The molecule has 116 valence electrons. The van der Waals surface area contributed by atoms with E-state index in [2.05, 4.69) is 31.0 Å². The van der Waals surface area contributed by atoms with Crippen LogP contribution in [0.3, 0.4) is 0 Å². The topological polar surface area (TPSA) is 52.6 Å². The van der Waals surface area contributed by atoms with Crippen LogP contribution in [0.15, 0.2) is 0 Å². The molecule has 0 aromatic rings. The van der Waals surface area contributed by atoms with Crippen molar-refractivity contribution in [2.45, 2.75) is 70.9 Å². The Hall–Kier alpha value is -0.610. The summed E-state index contributed by atoms with van der Waals surface area (Å²) in [7, 11) is 0. The molecule has 4 heteroatoms. The number of piperidine rings is 1. The van der Waals surface area contributed by atoms with Gasteiger partial charge in [-0.25, -0.2) is 0 Å². The number of aliphatic carboxylic acids is 1. The van der Waals surface area contributed by atoms with E-state index < -0.39 is 11.5 Å². The third-order valence-electron chi connectivity index (χ3n) is 5.28. The third-order valence-corrected chi connectivity index (χ3v) is 5.28. The zero-order valence-electron chi connectivity index (χ0n) is 13.2. The minimum atomic E-state index is -0.673. The van der Waals surface area contributed by atoms with Crippen LogP contribution in [0.25, 0.3) is 0 Å². The van der Waals surface area contributed by atoms with Gasteiger partial charge >= 0.3 is 5.97 Å².